The fourth-order valence-corrected chi connectivity index (χ4v) is 2.08. The van der Waals surface area contributed by atoms with E-state index in [1.807, 2.05) is 24.3 Å². The topological polar surface area (TPSA) is 33.1 Å². The van der Waals surface area contributed by atoms with Crippen LogP contribution in [0.15, 0.2) is 42.7 Å². The number of hydrogen-bond acceptors (Lipinski definition) is 2. The lowest BCUT2D eigenvalue weighted by Gasteiger charge is -2.12. The third kappa shape index (κ3) is 3.61. The van der Waals surface area contributed by atoms with E-state index in [2.05, 4.69) is 18.8 Å². The Bertz CT molecular complexity index is 537. The Morgan fingerprint density at radius 2 is 1.79 bits per heavy atom. The van der Waals surface area contributed by atoms with Gasteiger partial charge < -0.3 is 5.11 Å². The van der Waals surface area contributed by atoms with Crippen molar-refractivity contribution in [1.29, 1.82) is 0 Å². The molecule has 1 heterocycles. The van der Waals surface area contributed by atoms with E-state index in [9.17, 15) is 9.50 Å². The highest BCUT2D eigenvalue weighted by molar-refractivity contribution is 5.30. The van der Waals surface area contributed by atoms with Gasteiger partial charge in [-0.3, -0.25) is 4.98 Å². The van der Waals surface area contributed by atoms with Gasteiger partial charge >= 0.3 is 0 Å². The number of pyridine rings is 1. The average molecular weight is 259 g/mol. The Kier molecular flexibility index (Phi) is 4.27. The molecule has 0 aliphatic heterocycles. The molecule has 2 rings (SSSR count). The van der Waals surface area contributed by atoms with E-state index in [4.69, 9.17) is 0 Å². The number of aromatic nitrogens is 1. The van der Waals surface area contributed by atoms with Crippen molar-refractivity contribution in [2.45, 2.75) is 26.4 Å². The van der Waals surface area contributed by atoms with Crippen LogP contribution < -0.4 is 0 Å². The predicted octanol–water partition coefficient (Wildman–Crippen LogP) is 3.50. The summed E-state index contributed by atoms with van der Waals surface area (Å²) in [6.07, 6.45) is 2.78. The molecule has 0 aliphatic rings. The molecule has 100 valence electrons. The highest BCUT2D eigenvalue weighted by Gasteiger charge is 2.11. The Labute approximate surface area is 112 Å². The highest BCUT2D eigenvalue weighted by atomic mass is 19.1. The first-order valence-corrected chi connectivity index (χ1v) is 6.43. The molecule has 0 saturated carbocycles. The van der Waals surface area contributed by atoms with Crippen molar-refractivity contribution in [2.75, 3.05) is 0 Å². The maximum absolute atomic E-state index is 13.1. The SMILES string of the molecule is CC(C)Cc1ccc(C(O)c2cncc(F)c2)cc1. The number of hydrogen-bond donors (Lipinski definition) is 1. The van der Waals surface area contributed by atoms with E-state index in [1.165, 1.54) is 17.8 Å². The van der Waals surface area contributed by atoms with Gasteiger partial charge in [0.15, 0.2) is 0 Å². The molecule has 0 aliphatic carbocycles. The van der Waals surface area contributed by atoms with Crippen LogP contribution in [0.3, 0.4) is 0 Å². The van der Waals surface area contributed by atoms with Gasteiger partial charge in [0, 0.05) is 11.8 Å². The second-order valence-corrected chi connectivity index (χ2v) is 5.18. The van der Waals surface area contributed by atoms with E-state index < -0.39 is 11.9 Å². The molecule has 1 aromatic carbocycles. The molecule has 1 unspecified atom stereocenters. The predicted molar refractivity (Wildman–Crippen MR) is 73.2 cm³/mol. The van der Waals surface area contributed by atoms with Crippen LogP contribution in [0, 0.1) is 11.7 Å². The Hall–Kier alpha value is -1.74. The normalized spacial score (nSPS) is 12.7. The molecule has 0 fully saturated rings. The first-order chi connectivity index (χ1) is 9.06. The first kappa shape index (κ1) is 13.7. The van der Waals surface area contributed by atoms with E-state index in [-0.39, 0.29) is 0 Å². The molecule has 19 heavy (non-hydrogen) atoms. The van der Waals surface area contributed by atoms with Crippen molar-refractivity contribution < 1.29 is 9.50 Å². The van der Waals surface area contributed by atoms with Crippen molar-refractivity contribution in [3.05, 3.63) is 65.2 Å². The van der Waals surface area contributed by atoms with Crippen LogP contribution in [0.25, 0.3) is 0 Å². The van der Waals surface area contributed by atoms with Gasteiger partial charge in [-0.25, -0.2) is 4.39 Å². The molecule has 1 atom stereocenters. The molecule has 0 spiro atoms. The van der Waals surface area contributed by atoms with Crippen molar-refractivity contribution in [3.8, 4) is 0 Å². The largest absolute Gasteiger partial charge is 0.384 e. The van der Waals surface area contributed by atoms with Crippen LogP contribution in [0.5, 0.6) is 0 Å². The number of benzene rings is 1. The summed E-state index contributed by atoms with van der Waals surface area (Å²) >= 11 is 0. The van der Waals surface area contributed by atoms with E-state index >= 15 is 0 Å². The molecule has 0 amide bonds. The minimum Gasteiger partial charge on any atom is -0.384 e. The third-order valence-corrected chi connectivity index (χ3v) is 2.98. The molecular formula is C16H18FNO. The maximum Gasteiger partial charge on any atom is 0.141 e. The lowest BCUT2D eigenvalue weighted by Crippen LogP contribution is -2.01. The van der Waals surface area contributed by atoms with Crippen molar-refractivity contribution in [2.24, 2.45) is 5.92 Å². The van der Waals surface area contributed by atoms with Gasteiger partial charge in [-0.1, -0.05) is 38.1 Å². The summed E-state index contributed by atoms with van der Waals surface area (Å²) < 4.78 is 13.1. The van der Waals surface area contributed by atoms with Gasteiger partial charge in [-0.2, -0.15) is 0 Å². The summed E-state index contributed by atoms with van der Waals surface area (Å²) in [5.74, 6) is 0.163. The number of aliphatic hydroxyl groups is 1. The summed E-state index contributed by atoms with van der Waals surface area (Å²) in [6.45, 7) is 4.34. The second-order valence-electron chi connectivity index (χ2n) is 5.18. The fourth-order valence-electron chi connectivity index (χ4n) is 2.08. The molecule has 1 N–H and O–H groups in total. The molecule has 0 bridgehead atoms. The van der Waals surface area contributed by atoms with Gasteiger partial charge in [0.1, 0.15) is 11.9 Å². The van der Waals surface area contributed by atoms with E-state index in [0.717, 1.165) is 18.2 Å². The van der Waals surface area contributed by atoms with Gasteiger partial charge in [-0.05, 0) is 29.5 Å². The smallest absolute Gasteiger partial charge is 0.141 e. The summed E-state index contributed by atoms with van der Waals surface area (Å²) in [5, 5.41) is 10.2. The van der Waals surface area contributed by atoms with E-state index in [1.54, 1.807) is 0 Å². The van der Waals surface area contributed by atoms with Crippen LogP contribution in [0.1, 0.15) is 36.6 Å². The van der Waals surface area contributed by atoms with Gasteiger partial charge in [-0.15, -0.1) is 0 Å². The standard InChI is InChI=1S/C16H18FNO/c1-11(2)7-12-3-5-13(6-4-12)16(19)14-8-15(17)10-18-9-14/h3-6,8-11,16,19H,7H2,1-2H3. The van der Waals surface area contributed by atoms with Crippen molar-refractivity contribution in [1.82, 2.24) is 4.98 Å². The minimum atomic E-state index is -0.837. The number of nitrogens with zero attached hydrogens (tertiary/aromatic N) is 1. The highest BCUT2D eigenvalue weighted by Crippen LogP contribution is 2.22. The summed E-state index contributed by atoms with van der Waals surface area (Å²) in [6, 6.07) is 9.08. The molecule has 2 aromatic rings. The lowest BCUT2D eigenvalue weighted by molar-refractivity contribution is 0.219. The summed E-state index contributed by atoms with van der Waals surface area (Å²) in [7, 11) is 0. The van der Waals surface area contributed by atoms with Gasteiger partial charge in [0.2, 0.25) is 0 Å². The quantitative estimate of drug-likeness (QED) is 0.911. The Morgan fingerprint density at radius 1 is 1.11 bits per heavy atom. The van der Waals surface area contributed by atoms with Crippen LogP contribution in [-0.4, -0.2) is 10.1 Å². The van der Waals surface area contributed by atoms with Crippen LogP contribution in [-0.2, 0) is 6.42 Å². The average Bonchev–Trinajstić information content (AvgIpc) is 2.38. The number of halogens is 1. The summed E-state index contributed by atoms with van der Waals surface area (Å²) in [4.78, 5) is 3.75. The second kappa shape index (κ2) is 5.93. The summed E-state index contributed by atoms with van der Waals surface area (Å²) in [5.41, 5.74) is 2.46. The third-order valence-electron chi connectivity index (χ3n) is 2.98. The fraction of sp³-hybridized carbons (Fsp3) is 0.312. The molecule has 1 aromatic heterocycles. The Morgan fingerprint density at radius 3 is 2.37 bits per heavy atom. The zero-order valence-electron chi connectivity index (χ0n) is 11.2. The zero-order valence-corrected chi connectivity index (χ0v) is 11.2. The number of aliphatic hydroxyl groups excluding tert-OH is 1. The minimum absolute atomic E-state index is 0.437. The number of rotatable bonds is 4. The van der Waals surface area contributed by atoms with Crippen LogP contribution in [0.4, 0.5) is 4.39 Å². The van der Waals surface area contributed by atoms with E-state index in [0.29, 0.717) is 11.5 Å². The molecular weight excluding hydrogens is 241 g/mol. The lowest BCUT2D eigenvalue weighted by atomic mass is 9.98. The zero-order chi connectivity index (χ0) is 13.8. The molecule has 0 saturated heterocycles. The molecule has 3 heteroatoms. The molecule has 0 radical (unpaired) electrons. The molecule has 2 nitrogen and oxygen atoms in total. The van der Waals surface area contributed by atoms with Gasteiger partial charge in [0.05, 0.1) is 6.20 Å². The van der Waals surface area contributed by atoms with Crippen molar-refractivity contribution >= 4 is 0 Å². The maximum atomic E-state index is 13.1. The van der Waals surface area contributed by atoms with Crippen LogP contribution in [0.2, 0.25) is 0 Å². The van der Waals surface area contributed by atoms with Crippen molar-refractivity contribution in [3.63, 3.8) is 0 Å². The van der Waals surface area contributed by atoms with Crippen LogP contribution >= 0.6 is 0 Å². The Balaban J connectivity index is 2.17. The monoisotopic (exact) mass is 259 g/mol. The van der Waals surface area contributed by atoms with Gasteiger partial charge in [0.25, 0.3) is 0 Å². The first-order valence-electron chi connectivity index (χ1n) is 6.43.